The maximum Gasteiger partial charge on any atom is 0.289 e. The summed E-state index contributed by atoms with van der Waals surface area (Å²) in [7, 11) is 4.46. The Balaban J connectivity index is 2.07. The van der Waals surface area contributed by atoms with E-state index in [1.165, 1.54) is 24.0 Å². The summed E-state index contributed by atoms with van der Waals surface area (Å²) in [6, 6.07) is 5.06. The fraction of sp³-hybridized carbons (Fsp3) is 0.412. The molecule has 1 N–H and O–H groups in total. The quantitative estimate of drug-likeness (QED) is 0.707. The van der Waals surface area contributed by atoms with E-state index in [4.69, 9.17) is 32.7 Å². The maximum atomic E-state index is 12.6. The topological polar surface area (TPSA) is 79.3 Å². The second-order valence-corrected chi connectivity index (χ2v) is 6.64. The average Bonchev–Trinajstić information content (AvgIpc) is 2.90. The van der Waals surface area contributed by atoms with E-state index in [0.717, 1.165) is 5.56 Å². The van der Waals surface area contributed by atoms with Crippen molar-refractivity contribution in [1.29, 1.82) is 0 Å². The monoisotopic (exact) mass is 402 g/mol. The molecule has 0 saturated carbocycles. The van der Waals surface area contributed by atoms with Crippen LogP contribution in [0, 0.1) is 0 Å². The van der Waals surface area contributed by atoms with Gasteiger partial charge in [0.2, 0.25) is 0 Å². The molecule has 7 nitrogen and oxygen atoms in total. The van der Waals surface area contributed by atoms with Gasteiger partial charge in [0.25, 0.3) is 11.8 Å². The molecule has 9 heteroatoms. The van der Waals surface area contributed by atoms with Crippen LogP contribution in [0.4, 0.5) is 0 Å². The fourth-order valence-corrected chi connectivity index (χ4v) is 2.89. The molecule has 1 aliphatic heterocycles. The van der Waals surface area contributed by atoms with E-state index in [9.17, 15) is 14.7 Å². The Kier molecular flexibility index (Phi) is 6.88. The zero-order valence-electron chi connectivity index (χ0n) is 14.7. The normalized spacial score (nSPS) is 14.5. The smallest absolute Gasteiger partial charge is 0.289 e. The van der Waals surface area contributed by atoms with E-state index in [0.29, 0.717) is 10.0 Å². The van der Waals surface area contributed by atoms with Gasteiger partial charge in [-0.2, -0.15) is 0 Å². The van der Waals surface area contributed by atoms with Gasteiger partial charge in [-0.1, -0.05) is 29.3 Å². The van der Waals surface area contributed by atoms with Crippen LogP contribution in [0.1, 0.15) is 5.56 Å². The van der Waals surface area contributed by atoms with Gasteiger partial charge in [-0.25, -0.2) is 0 Å². The molecule has 142 valence electrons. The summed E-state index contributed by atoms with van der Waals surface area (Å²) in [5.41, 5.74) is 0.805. The van der Waals surface area contributed by atoms with Crippen molar-refractivity contribution < 1.29 is 24.2 Å². The summed E-state index contributed by atoms with van der Waals surface area (Å²) in [5, 5.41) is 10.9. The Morgan fingerprint density at radius 2 is 1.96 bits per heavy atom. The Bertz CT molecular complexity index is 734. The van der Waals surface area contributed by atoms with Gasteiger partial charge in [-0.05, 0) is 17.7 Å². The lowest BCUT2D eigenvalue weighted by Gasteiger charge is -2.22. The molecule has 2 rings (SSSR count). The van der Waals surface area contributed by atoms with Crippen LogP contribution in [-0.2, 0) is 25.6 Å². The van der Waals surface area contributed by atoms with Gasteiger partial charge in [0.1, 0.15) is 0 Å². The molecule has 1 aromatic rings. The van der Waals surface area contributed by atoms with Crippen molar-refractivity contribution in [2.24, 2.45) is 0 Å². The first-order valence-electron chi connectivity index (χ1n) is 7.74. The highest BCUT2D eigenvalue weighted by Crippen LogP contribution is 2.24. The summed E-state index contributed by atoms with van der Waals surface area (Å²) in [5.74, 6) is -1.63. The minimum Gasteiger partial charge on any atom is -0.503 e. The van der Waals surface area contributed by atoms with Gasteiger partial charge in [-0.15, -0.1) is 0 Å². The lowest BCUT2D eigenvalue weighted by atomic mass is 10.2. The minimum absolute atomic E-state index is 0.0154. The SMILES string of the molecule is COC(CN1CC(C(=O)N(C)Cc2ccc(Cl)c(Cl)c2)=C(O)C1=O)OC. The Labute approximate surface area is 161 Å². The van der Waals surface area contributed by atoms with Gasteiger partial charge in [0.05, 0.1) is 28.7 Å². The molecule has 26 heavy (non-hydrogen) atoms. The second kappa shape index (κ2) is 8.73. The third-order valence-electron chi connectivity index (χ3n) is 4.03. The van der Waals surface area contributed by atoms with E-state index in [1.54, 1.807) is 25.2 Å². The maximum absolute atomic E-state index is 12.6. The average molecular weight is 403 g/mol. The highest BCUT2D eigenvalue weighted by molar-refractivity contribution is 6.42. The second-order valence-electron chi connectivity index (χ2n) is 5.82. The summed E-state index contributed by atoms with van der Waals surface area (Å²) in [6.45, 7) is 0.334. The molecule has 1 heterocycles. The summed E-state index contributed by atoms with van der Waals surface area (Å²) >= 11 is 11.9. The number of hydrogen-bond donors (Lipinski definition) is 1. The molecule has 0 atom stereocenters. The number of likely N-dealkylation sites (N-methyl/N-ethyl adjacent to an activating group) is 1. The lowest BCUT2D eigenvalue weighted by molar-refractivity contribution is -0.141. The number of aliphatic hydroxyl groups is 1. The number of ether oxygens (including phenoxy) is 2. The standard InChI is InChI=1S/C17H20Cl2N2O5/c1-20(7-10-4-5-12(18)13(19)6-10)16(23)11-8-21(17(24)15(11)22)9-14(25-2)26-3/h4-6,14,22H,7-9H2,1-3H3. The Morgan fingerprint density at radius 3 is 2.54 bits per heavy atom. The number of carbonyl (C=O) groups excluding carboxylic acids is 2. The van der Waals surface area contributed by atoms with E-state index < -0.39 is 23.9 Å². The summed E-state index contributed by atoms with van der Waals surface area (Å²) in [4.78, 5) is 27.5. The van der Waals surface area contributed by atoms with E-state index >= 15 is 0 Å². The third kappa shape index (κ3) is 4.48. The van der Waals surface area contributed by atoms with Crippen molar-refractivity contribution in [2.75, 3.05) is 34.4 Å². The number of rotatable bonds is 7. The number of methoxy groups -OCH3 is 2. The van der Waals surface area contributed by atoms with Gasteiger partial charge in [0, 0.05) is 27.8 Å². The molecule has 0 aliphatic carbocycles. The van der Waals surface area contributed by atoms with Crippen LogP contribution in [0.3, 0.4) is 0 Å². The molecule has 0 aromatic heterocycles. The van der Waals surface area contributed by atoms with Crippen molar-refractivity contribution in [2.45, 2.75) is 12.8 Å². The van der Waals surface area contributed by atoms with E-state index in [1.807, 2.05) is 0 Å². The Hall–Kier alpha value is -1.80. The molecule has 1 aromatic carbocycles. The molecule has 0 saturated heterocycles. The Morgan fingerprint density at radius 1 is 1.31 bits per heavy atom. The third-order valence-corrected chi connectivity index (χ3v) is 4.77. The van der Waals surface area contributed by atoms with E-state index in [-0.39, 0.29) is 25.2 Å². The van der Waals surface area contributed by atoms with Crippen molar-refractivity contribution in [3.8, 4) is 0 Å². The van der Waals surface area contributed by atoms with Crippen molar-refractivity contribution >= 4 is 35.0 Å². The van der Waals surface area contributed by atoms with Gasteiger partial charge in [0.15, 0.2) is 12.0 Å². The zero-order chi connectivity index (χ0) is 19.4. The van der Waals surface area contributed by atoms with Crippen LogP contribution < -0.4 is 0 Å². The molecule has 1 aliphatic rings. The van der Waals surface area contributed by atoms with Crippen LogP contribution >= 0.6 is 23.2 Å². The number of carbonyl (C=O) groups is 2. The van der Waals surface area contributed by atoms with Gasteiger partial charge < -0.3 is 24.4 Å². The molecule has 0 unspecified atom stereocenters. The predicted molar refractivity (Wildman–Crippen MR) is 97.0 cm³/mol. The molecule has 0 spiro atoms. The first kappa shape index (κ1) is 20.5. The number of hydrogen-bond acceptors (Lipinski definition) is 5. The number of halogens is 2. The summed E-state index contributed by atoms with van der Waals surface area (Å²) < 4.78 is 10.1. The lowest BCUT2D eigenvalue weighted by Crippen LogP contribution is -2.37. The molecule has 0 bridgehead atoms. The van der Waals surface area contributed by atoms with Gasteiger partial charge >= 0.3 is 0 Å². The number of benzene rings is 1. The first-order valence-corrected chi connectivity index (χ1v) is 8.50. The molecular weight excluding hydrogens is 383 g/mol. The molecular formula is C17H20Cl2N2O5. The van der Waals surface area contributed by atoms with Crippen LogP contribution in [0.15, 0.2) is 29.5 Å². The van der Waals surface area contributed by atoms with E-state index in [2.05, 4.69) is 0 Å². The first-order chi connectivity index (χ1) is 12.3. The number of aliphatic hydroxyl groups excluding tert-OH is 1. The number of amides is 2. The minimum atomic E-state index is -0.643. The molecule has 2 amide bonds. The highest BCUT2D eigenvalue weighted by Gasteiger charge is 2.36. The van der Waals surface area contributed by atoms with Crippen molar-refractivity contribution in [3.05, 3.63) is 45.1 Å². The zero-order valence-corrected chi connectivity index (χ0v) is 16.2. The highest BCUT2D eigenvalue weighted by atomic mass is 35.5. The summed E-state index contributed by atoms with van der Waals surface area (Å²) in [6.07, 6.45) is -0.643. The van der Waals surface area contributed by atoms with Crippen molar-refractivity contribution in [1.82, 2.24) is 9.80 Å². The van der Waals surface area contributed by atoms with Crippen LogP contribution in [0.2, 0.25) is 10.0 Å². The van der Waals surface area contributed by atoms with Gasteiger partial charge in [-0.3, -0.25) is 9.59 Å². The molecule has 0 radical (unpaired) electrons. The number of nitrogens with zero attached hydrogens (tertiary/aromatic N) is 2. The largest absolute Gasteiger partial charge is 0.503 e. The molecule has 0 fully saturated rings. The van der Waals surface area contributed by atoms with Crippen molar-refractivity contribution in [3.63, 3.8) is 0 Å². The fourth-order valence-electron chi connectivity index (χ4n) is 2.57. The van der Waals surface area contributed by atoms with Crippen LogP contribution in [0.25, 0.3) is 0 Å². The predicted octanol–water partition coefficient (Wildman–Crippen LogP) is 2.23. The van der Waals surface area contributed by atoms with Crippen LogP contribution in [0.5, 0.6) is 0 Å². The van der Waals surface area contributed by atoms with Crippen LogP contribution in [-0.4, -0.2) is 67.4 Å².